The molecule has 0 spiro atoms. The van der Waals surface area contributed by atoms with Gasteiger partial charge in [-0.3, -0.25) is 24.3 Å². The van der Waals surface area contributed by atoms with Crippen molar-refractivity contribution in [2.75, 3.05) is 18.0 Å². The van der Waals surface area contributed by atoms with E-state index in [4.69, 9.17) is 4.84 Å². The smallest absolute Gasteiger partial charge is 0.333 e. The molecular weight excluding hydrogens is 773 g/mol. The quantitative estimate of drug-likeness (QED) is 0.0283. The van der Waals surface area contributed by atoms with Crippen LogP contribution in [0.15, 0.2) is 102 Å². The second kappa shape index (κ2) is 17.2. The number of carbonyl (C=O) groups excluding carboxylic acids is 3. The third-order valence-corrected chi connectivity index (χ3v) is 12.2. The van der Waals surface area contributed by atoms with Gasteiger partial charge in [-0.2, -0.15) is 13.0 Å². The minimum Gasteiger partial charge on any atom is -0.344 e. The summed E-state index contributed by atoms with van der Waals surface area (Å²) in [5.41, 5.74) is 7.48. The molecule has 6 rings (SSSR count). The van der Waals surface area contributed by atoms with E-state index in [0.29, 0.717) is 30.9 Å². The van der Waals surface area contributed by atoms with Crippen LogP contribution in [0.5, 0.6) is 0 Å². The van der Waals surface area contributed by atoms with Crippen LogP contribution in [0, 0.1) is 17.0 Å². The number of carbonyl (C=O) groups is 3. The maximum atomic E-state index is 12.3. The zero-order valence-corrected chi connectivity index (χ0v) is 35.0. The molecule has 3 aromatic carbocycles. The van der Waals surface area contributed by atoms with E-state index in [1.807, 2.05) is 50.3 Å². The fourth-order valence-corrected chi connectivity index (χ4v) is 8.70. The van der Waals surface area contributed by atoms with Crippen LogP contribution in [-0.4, -0.2) is 64.1 Å². The Labute approximate surface area is 345 Å². The second-order valence-electron chi connectivity index (χ2n) is 16.3. The number of rotatable bonds is 16. The number of nitro benzene ring substituents is 1. The van der Waals surface area contributed by atoms with Gasteiger partial charge in [0, 0.05) is 78.9 Å². The summed E-state index contributed by atoms with van der Waals surface area (Å²) in [6, 6.07) is 17.9. The first-order valence-electron chi connectivity index (χ1n) is 19.9. The predicted octanol–water partition coefficient (Wildman–Crippen LogP) is 8.12. The first-order chi connectivity index (χ1) is 27.9. The molecule has 0 radical (unpaired) electrons. The molecule has 0 bridgehead atoms. The molecule has 3 heterocycles. The first-order valence-corrected chi connectivity index (χ1v) is 21.3. The van der Waals surface area contributed by atoms with Gasteiger partial charge >= 0.3 is 5.97 Å². The Morgan fingerprint density at radius 1 is 0.898 bits per heavy atom. The van der Waals surface area contributed by atoms with Crippen molar-refractivity contribution in [3.8, 4) is 0 Å². The second-order valence-corrected chi connectivity index (χ2v) is 17.7. The summed E-state index contributed by atoms with van der Waals surface area (Å²) in [6.07, 6.45) is 13.7. The number of hydroxylamine groups is 2. The number of allylic oxidation sites excluding steroid dienone is 6. The van der Waals surface area contributed by atoms with Crippen LogP contribution in [0.2, 0.25) is 0 Å². The molecule has 59 heavy (non-hydrogen) atoms. The number of nitrogens with zero attached hydrogens (tertiary/aromatic N) is 4. The number of aryl methyl sites for hydroxylation is 2. The van der Waals surface area contributed by atoms with Crippen LogP contribution in [-0.2, 0) is 46.6 Å². The Balaban J connectivity index is 1.19. The number of unbranched alkanes of at least 4 members (excludes halogenated alkanes) is 2. The van der Waals surface area contributed by atoms with Crippen molar-refractivity contribution in [2.24, 2.45) is 0 Å². The maximum Gasteiger partial charge on any atom is 0.333 e. The Morgan fingerprint density at radius 3 is 2.29 bits per heavy atom. The van der Waals surface area contributed by atoms with Crippen LogP contribution < -0.4 is 4.90 Å². The van der Waals surface area contributed by atoms with E-state index in [-0.39, 0.29) is 40.2 Å². The average molecular weight is 824 g/mol. The summed E-state index contributed by atoms with van der Waals surface area (Å²) < 4.78 is 36.2. The lowest BCUT2D eigenvalue weighted by Crippen LogP contribution is -2.31. The minimum absolute atomic E-state index is 0.0346. The number of hydrogen-bond donors (Lipinski definition) is 1. The van der Waals surface area contributed by atoms with Crippen molar-refractivity contribution in [3.63, 3.8) is 0 Å². The van der Waals surface area contributed by atoms with E-state index in [9.17, 15) is 37.5 Å². The van der Waals surface area contributed by atoms with E-state index in [1.54, 1.807) is 18.2 Å². The Bertz CT molecular complexity index is 2390. The van der Waals surface area contributed by atoms with Crippen molar-refractivity contribution >= 4 is 50.7 Å². The van der Waals surface area contributed by atoms with Crippen LogP contribution in [0.4, 0.5) is 17.1 Å². The van der Waals surface area contributed by atoms with Crippen molar-refractivity contribution < 1.29 is 41.7 Å². The lowest BCUT2D eigenvalue weighted by atomic mass is 9.81. The van der Waals surface area contributed by atoms with E-state index in [2.05, 4.69) is 54.5 Å². The predicted molar refractivity (Wildman–Crippen MR) is 224 cm³/mol. The van der Waals surface area contributed by atoms with Crippen molar-refractivity contribution in [1.29, 1.82) is 0 Å². The van der Waals surface area contributed by atoms with Gasteiger partial charge in [0.25, 0.3) is 27.6 Å². The van der Waals surface area contributed by atoms with Crippen molar-refractivity contribution in [1.82, 2.24) is 5.06 Å². The number of non-ortho nitro benzene ring substituents is 1. The van der Waals surface area contributed by atoms with Crippen LogP contribution in [0.3, 0.4) is 0 Å². The zero-order chi connectivity index (χ0) is 42.7. The number of amides is 2. The standard InChI is InChI=1S/C45H50N4O9S/c1-31-17-23-37-35(29-31)44(2,3)39(47(37)28-12-13-32-18-20-33(21-19-32)49(53)54)14-8-6-9-15-40-45(4,5)36-30-34(59(55,56)57)22-24-38(36)46(40)27-11-7-10-16-43(52)58-48-41(50)25-26-42(48)51/h6,8-9,14-15,17-24,29-30H,7,10-13,16,25-28H2,1-5H3/p+1. The van der Waals surface area contributed by atoms with Gasteiger partial charge in [0.15, 0.2) is 5.71 Å². The Morgan fingerprint density at radius 2 is 1.61 bits per heavy atom. The van der Waals surface area contributed by atoms with Crippen molar-refractivity contribution in [3.05, 3.63) is 129 Å². The average Bonchev–Trinajstić information content (AvgIpc) is 3.69. The fraction of sp³-hybridized carbons (Fsp3) is 0.378. The molecule has 3 aliphatic heterocycles. The van der Waals surface area contributed by atoms with Gasteiger partial charge in [-0.15, -0.1) is 5.06 Å². The molecule has 0 saturated carbocycles. The molecule has 2 amide bonds. The molecule has 0 aliphatic carbocycles. The van der Waals surface area contributed by atoms with E-state index < -0.39 is 33.3 Å². The lowest BCUT2D eigenvalue weighted by Gasteiger charge is -2.27. The molecule has 0 aromatic heterocycles. The topological polar surface area (TPSA) is 167 Å². The molecule has 1 fully saturated rings. The van der Waals surface area contributed by atoms with Gasteiger partial charge in [-0.05, 0) is 81.9 Å². The highest BCUT2D eigenvalue weighted by molar-refractivity contribution is 7.85. The van der Waals surface area contributed by atoms with E-state index >= 15 is 0 Å². The summed E-state index contributed by atoms with van der Waals surface area (Å²) in [5.74, 6) is -1.67. The fourth-order valence-electron chi connectivity index (χ4n) is 8.19. The van der Waals surface area contributed by atoms with Gasteiger partial charge in [0.1, 0.15) is 6.54 Å². The van der Waals surface area contributed by atoms with Gasteiger partial charge < -0.3 is 9.74 Å². The monoisotopic (exact) mass is 823 g/mol. The van der Waals surface area contributed by atoms with Crippen molar-refractivity contribution in [2.45, 2.75) is 102 Å². The SMILES string of the molecule is Cc1ccc2c(c1)C(C)(C)C(=CC=CC=CC1=[N+](CCCCCC(=O)ON3C(=O)CCC3=O)c3ccc(S(=O)(=O)O)cc3C1(C)C)N2CCCc1ccc([N+](=O)[O-])cc1. The number of benzene rings is 3. The number of imide groups is 1. The minimum atomic E-state index is -4.43. The molecule has 3 aromatic rings. The van der Waals surface area contributed by atoms with Crippen LogP contribution in [0.1, 0.15) is 94.9 Å². The summed E-state index contributed by atoms with van der Waals surface area (Å²) >= 11 is 0. The summed E-state index contributed by atoms with van der Waals surface area (Å²) in [5, 5.41) is 11.7. The highest BCUT2D eigenvalue weighted by atomic mass is 32.2. The highest BCUT2D eigenvalue weighted by Crippen LogP contribution is 2.48. The lowest BCUT2D eigenvalue weighted by molar-refractivity contribution is -0.438. The number of fused-ring (bicyclic) bond motifs is 2. The third kappa shape index (κ3) is 9.29. The number of hydrogen-bond acceptors (Lipinski definition) is 9. The Hall–Kier alpha value is -5.73. The normalized spacial score (nSPS) is 17.8. The molecule has 1 saturated heterocycles. The molecule has 13 nitrogen and oxygen atoms in total. The highest BCUT2D eigenvalue weighted by Gasteiger charge is 2.45. The van der Waals surface area contributed by atoms with Crippen LogP contribution >= 0.6 is 0 Å². The van der Waals surface area contributed by atoms with E-state index in [0.717, 1.165) is 53.3 Å². The Kier molecular flexibility index (Phi) is 12.5. The molecule has 3 aliphatic rings. The summed E-state index contributed by atoms with van der Waals surface area (Å²) in [4.78, 5) is 53.9. The number of anilines is 1. The largest absolute Gasteiger partial charge is 0.344 e. The molecule has 310 valence electrons. The summed E-state index contributed by atoms with van der Waals surface area (Å²) in [6.45, 7) is 11.9. The molecular formula is C45H51N4O9S+. The van der Waals surface area contributed by atoms with Gasteiger partial charge in [-0.1, -0.05) is 61.9 Å². The molecule has 0 atom stereocenters. The number of nitro groups is 1. The summed E-state index contributed by atoms with van der Waals surface area (Å²) in [7, 11) is -4.43. The van der Waals surface area contributed by atoms with E-state index in [1.165, 1.54) is 23.3 Å². The van der Waals surface area contributed by atoms with Gasteiger partial charge in [0.2, 0.25) is 5.69 Å². The maximum absolute atomic E-state index is 12.3. The molecule has 0 unspecified atom stereocenters. The third-order valence-electron chi connectivity index (χ3n) is 11.4. The first kappa shape index (κ1) is 42.9. The van der Waals surface area contributed by atoms with Gasteiger partial charge in [0.05, 0.1) is 15.2 Å². The molecule has 1 N–H and O–H groups in total. The van der Waals surface area contributed by atoms with Crippen LogP contribution in [0.25, 0.3) is 0 Å². The molecule has 14 heteroatoms. The zero-order valence-electron chi connectivity index (χ0n) is 34.1. The van der Waals surface area contributed by atoms with Gasteiger partial charge in [-0.25, -0.2) is 4.79 Å².